The molecule has 0 saturated carbocycles. The van der Waals surface area contributed by atoms with Crippen molar-refractivity contribution < 1.29 is 9.84 Å². The van der Waals surface area contributed by atoms with Crippen molar-refractivity contribution in [3.8, 4) is 5.75 Å². The highest BCUT2D eigenvalue weighted by molar-refractivity contribution is 5.76. The standard InChI is InChI=1S/C25H29NO2.C4H10/c1-19-5-9-21(10-6-19)26(22-11-7-20(2)8-12-22)23-13-15-24(16-14-23)28-25(3,4)17-18-27;1-4(2)3/h5-16,27H,17-18H2,1-4H3;4H,1-3H3. The summed E-state index contributed by atoms with van der Waals surface area (Å²) in [5.41, 5.74) is 5.38. The third-order valence-corrected chi connectivity index (χ3v) is 4.79. The first-order chi connectivity index (χ1) is 15.1. The number of aryl methyl sites for hydroxylation is 2. The molecule has 3 rings (SSSR count). The van der Waals surface area contributed by atoms with E-state index in [1.165, 1.54) is 11.1 Å². The number of nitrogens with zero attached hydrogens (tertiary/aromatic N) is 1. The third kappa shape index (κ3) is 8.05. The first-order valence-electron chi connectivity index (χ1n) is 11.4. The molecule has 0 aromatic heterocycles. The van der Waals surface area contributed by atoms with E-state index >= 15 is 0 Å². The van der Waals surface area contributed by atoms with E-state index in [2.05, 4.69) is 100 Å². The number of anilines is 3. The minimum atomic E-state index is -0.399. The normalized spacial score (nSPS) is 11.0. The maximum atomic E-state index is 9.20. The van der Waals surface area contributed by atoms with Gasteiger partial charge in [0, 0.05) is 30.1 Å². The molecule has 0 unspecified atom stereocenters. The van der Waals surface area contributed by atoms with Gasteiger partial charge in [0.1, 0.15) is 11.4 Å². The van der Waals surface area contributed by atoms with Crippen LogP contribution in [0.2, 0.25) is 0 Å². The molecule has 3 aromatic carbocycles. The van der Waals surface area contributed by atoms with Gasteiger partial charge in [0.2, 0.25) is 0 Å². The van der Waals surface area contributed by atoms with Crippen LogP contribution in [-0.2, 0) is 0 Å². The molecule has 0 atom stereocenters. The fourth-order valence-electron chi connectivity index (χ4n) is 3.14. The maximum Gasteiger partial charge on any atom is 0.120 e. The quantitative estimate of drug-likeness (QED) is 0.410. The fourth-order valence-corrected chi connectivity index (χ4v) is 3.14. The van der Waals surface area contributed by atoms with Gasteiger partial charge >= 0.3 is 0 Å². The Morgan fingerprint density at radius 1 is 0.719 bits per heavy atom. The summed E-state index contributed by atoms with van der Waals surface area (Å²) in [6.07, 6.45) is 0.591. The van der Waals surface area contributed by atoms with Gasteiger partial charge in [-0.2, -0.15) is 0 Å². The van der Waals surface area contributed by atoms with Gasteiger partial charge in [-0.15, -0.1) is 0 Å². The molecule has 3 aromatic rings. The van der Waals surface area contributed by atoms with E-state index in [0.29, 0.717) is 6.42 Å². The van der Waals surface area contributed by atoms with Gasteiger partial charge in [0.15, 0.2) is 0 Å². The summed E-state index contributed by atoms with van der Waals surface area (Å²) in [6, 6.07) is 25.2. The van der Waals surface area contributed by atoms with Crippen LogP contribution in [0.1, 0.15) is 52.2 Å². The molecular weight excluding hydrogens is 394 g/mol. The van der Waals surface area contributed by atoms with E-state index in [-0.39, 0.29) is 6.61 Å². The van der Waals surface area contributed by atoms with Crippen LogP contribution in [0.25, 0.3) is 0 Å². The van der Waals surface area contributed by atoms with Crippen molar-refractivity contribution in [3.63, 3.8) is 0 Å². The largest absolute Gasteiger partial charge is 0.488 e. The van der Waals surface area contributed by atoms with Crippen LogP contribution in [0, 0.1) is 19.8 Å². The molecule has 0 amide bonds. The van der Waals surface area contributed by atoms with Crippen molar-refractivity contribution in [2.45, 2.75) is 60.5 Å². The molecule has 0 spiro atoms. The van der Waals surface area contributed by atoms with E-state index in [1.54, 1.807) is 0 Å². The Balaban J connectivity index is 0.000000837. The van der Waals surface area contributed by atoms with Gasteiger partial charge in [0.05, 0.1) is 0 Å². The van der Waals surface area contributed by atoms with Crippen LogP contribution in [0.15, 0.2) is 72.8 Å². The first kappa shape index (κ1) is 25.5. The Kier molecular flexibility index (Phi) is 9.34. The molecule has 3 nitrogen and oxygen atoms in total. The molecule has 3 heteroatoms. The van der Waals surface area contributed by atoms with Crippen LogP contribution >= 0.6 is 0 Å². The summed E-state index contributed by atoms with van der Waals surface area (Å²) >= 11 is 0. The topological polar surface area (TPSA) is 32.7 Å². The van der Waals surface area contributed by atoms with Crippen LogP contribution < -0.4 is 9.64 Å². The van der Waals surface area contributed by atoms with Gasteiger partial charge in [-0.05, 0) is 82.1 Å². The van der Waals surface area contributed by atoms with Crippen molar-refractivity contribution in [1.29, 1.82) is 0 Å². The average Bonchev–Trinajstić information content (AvgIpc) is 2.71. The predicted octanol–water partition coefficient (Wildman–Crippen LogP) is 7.98. The number of hydrogen-bond donors (Lipinski definition) is 1. The lowest BCUT2D eigenvalue weighted by atomic mass is 10.1. The Labute approximate surface area is 194 Å². The lowest BCUT2D eigenvalue weighted by Crippen LogP contribution is -2.29. The second-order valence-electron chi connectivity index (χ2n) is 9.57. The van der Waals surface area contributed by atoms with E-state index in [1.807, 2.05) is 26.0 Å². The summed E-state index contributed by atoms with van der Waals surface area (Å²) < 4.78 is 6.04. The molecular formula is C29H39NO2. The second-order valence-corrected chi connectivity index (χ2v) is 9.57. The number of ether oxygens (including phenoxy) is 1. The van der Waals surface area contributed by atoms with Gasteiger partial charge < -0.3 is 14.7 Å². The Hall–Kier alpha value is -2.78. The minimum absolute atomic E-state index is 0.111. The molecule has 32 heavy (non-hydrogen) atoms. The highest BCUT2D eigenvalue weighted by Crippen LogP contribution is 2.36. The molecule has 1 N–H and O–H groups in total. The maximum absolute atomic E-state index is 9.20. The van der Waals surface area contributed by atoms with Crippen LogP contribution in [0.5, 0.6) is 5.75 Å². The van der Waals surface area contributed by atoms with Crippen molar-refractivity contribution in [3.05, 3.63) is 83.9 Å². The van der Waals surface area contributed by atoms with E-state index < -0.39 is 5.60 Å². The Morgan fingerprint density at radius 2 is 1.06 bits per heavy atom. The molecule has 0 aliphatic heterocycles. The molecule has 0 aliphatic rings. The van der Waals surface area contributed by atoms with E-state index in [0.717, 1.165) is 28.7 Å². The van der Waals surface area contributed by atoms with Crippen molar-refractivity contribution in [1.82, 2.24) is 0 Å². The summed E-state index contributed by atoms with van der Waals surface area (Å²) in [5.74, 6) is 1.63. The van der Waals surface area contributed by atoms with Crippen molar-refractivity contribution in [2.24, 2.45) is 5.92 Å². The number of benzene rings is 3. The SMILES string of the molecule is CC(C)C.Cc1ccc(N(c2ccc(C)cc2)c2ccc(OC(C)(C)CCO)cc2)cc1. The van der Waals surface area contributed by atoms with Crippen LogP contribution in [0.3, 0.4) is 0 Å². The lowest BCUT2D eigenvalue weighted by Gasteiger charge is -2.28. The van der Waals surface area contributed by atoms with Crippen molar-refractivity contribution in [2.75, 3.05) is 11.5 Å². The average molecular weight is 434 g/mol. The zero-order valence-corrected chi connectivity index (χ0v) is 20.7. The predicted molar refractivity (Wildman–Crippen MR) is 138 cm³/mol. The smallest absolute Gasteiger partial charge is 0.120 e. The van der Waals surface area contributed by atoms with Gasteiger partial charge in [-0.25, -0.2) is 0 Å². The van der Waals surface area contributed by atoms with Crippen LogP contribution in [-0.4, -0.2) is 17.3 Å². The molecule has 172 valence electrons. The number of aliphatic hydroxyl groups excluding tert-OH is 1. The highest BCUT2D eigenvalue weighted by Gasteiger charge is 2.19. The third-order valence-electron chi connectivity index (χ3n) is 4.79. The molecule has 0 saturated heterocycles. The Morgan fingerprint density at radius 3 is 1.41 bits per heavy atom. The molecule has 0 aliphatic carbocycles. The minimum Gasteiger partial charge on any atom is -0.488 e. The second kappa shape index (κ2) is 11.7. The van der Waals surface area contributed by atoms with Crippen LogP contribution in [0.4, 0.5) is 17.1 Å². The zero-order valence-electron chi connectivity index (χ0n) is 20.7. The summed E-state index contributed by atoms with van der Waals surface area (Å²) in [6.45, 7) is 14.8. The summed E-state index contributed by atoms with van der Waals surface area (Å²) in [4.78, 5) is 2.24. The van der Waals surface area contributed by atoms with Gasteiger partial charge in [0.25, 0.3) is 0 Å². The summed E-state index contributed by atoms with van der Waals surface area (Å²) in [7, 11) is 0. The van der Waals surface area contributed by atoms with Gasteiger partial charge in [-0.3, -0.25) is 0 Å². The van der Waals surface area contributed by atoms with Crippen molar-refractivity contribution >= 4 is 17.1 Å². The molecule has 0 radical (unpaired) electrons. The summed E-state index contributed by atoms with van der Waals surface area (Å²) in [5, 5.41) is 9.20. The highest BCUT2D eigenvalue weighted by atomic mass is 16.5. The number of aliphatic hydroxyl groups is 1. The fraction of sp³-hybridized carbons (Fsp3) is 0.379. The molecule has 0 bridgehead atoms. The Bertz CT molecular complexity index is 878. The van der Waals surface area contributed by atoms with Gasteiger partial charge in [-0.1, -0.05) is 56.2 Å². The number of rotatable bonds is 7. The lowest BCUT2D eigenvalue weighted by molar-refractivity contribution is 0.0765. The van der Waals surface area contributed by atoms with E-state index in [4.69, 9.17) is 4.74 Å². The number of hydrogen-bond acceptors (Lipinski definition) is 3. The monoisotopic (exact) mass is 433 g/mol. The molecule has 0 fully saturated rings. The first-order valence-corrected chi connectivity index (χ1v) is 11.4. The van der Waals surface area contributed by atoms with E-state index in [9.17, 15) is 5.11 Å². The zero-order chi connectivity index (χ0) is 23.7. The molecule has 0 heterocycles.